The van der Waals surface area contributed by atoms with E-state index in [0.717, 1.165) is 47.7 Å². The number of carbonyl (C=O) groups is 2. The summed E-state index contributed by atoms with van der Waals surface area (Å²) in [6.07, 6.45) is 3.19. The van der Waals surface area contributed by atoms with Gasteiger partial charge in [-0.3, -0.25) is 4.79 Å². The maximum absolute atomic E-state index is 13.1. The number of dihydropyridines is 1. The number of allylic oxidation sites excluding steroid dienone is 3. The summed E-state index contributed by atoms with van der Waals surface area (Å²) in [5, 5.41) is 5.35. The Morgan fingerprint density at radius 2 is 2.21 bits per heavy atom. The van der Waals surface area contributed by atoms with E-state index in [2.05, 4.69) is 19.2 Å². The van der Waals surface area contributed by atoms with Gasteiger partial charge in [-0.2, -0.15) is 0 Å². The van der Waals surface area contributed by atoms with E-state index in [4.69, 9.17) is 9.47 Å². The Hall–Kier alpha value is -1.92. The van der Waals surface area contributed by atoms with Crippen LogP contribution in [0.3, 0.4) is 0 Å². The molecular weight excluding hydrogens is 374 g/mol. The van der Waals surface area contributed by atoms with Crippen molar-refractivity contribution in [2.24, 2.45) is 5.41 Å². The number of esters is 1. The van der Waals surface area contributed by atoms with Crippen LogP contribution in [0.1, 0.15) is 57.2 Å². The van der Waals surface area contributed by atoms with Crippen LogP contribution in [-0.2, 0) is 19.1 Å². The van der Waals surface area contributed by atoms with Crippen LogP contribution >= 0.6 is 11.3 Å². The number of hydrogen-bond donors (Lipinski definition) is 1. The molecule has 0 aromatic carbocycles. The molecule has 1 aromatic heterocycles. The van der Waals surface area contributed by atoms with Gasteiger partial charge in [0.2, 0.25) is 0 Å². The summed E-state index contributed by atoms with van der Waals surface area (Å²) in [4.78, 5) is 27.2. The average molecular weight is 402 g/mol. The second kappa shape index (κ2) is 7.48. The van der Waals surface area contributed by atoms with Crippen LogP contribution < -0.4 is 5.32 Å². The van der Waals surface area contributed by atoms with Crippen molar-refractivity contribution >= 4 is 23.1 Å². The first-order valence-corrected chi connectivity index (χ1v) is 10.8. The molecule has 6 heteroatoms. The number of carbonyl (C=O) groups excluding carboxylic acids is 2. The molecule has 28 heavy (non-hydrogen) atoms. The van der Waals surface area contributed by atoms with Gasteiger partial charge >= 0.3 is 5.97 Å². The van der Waals surface area contributed by atoms with Crippen LogP contribution in [0.5, 0.6) is 0 Å². The second-order valence-electron chi connectivity index (χ2n) is 8.68. The predicted molar refractivity (Wildman–Crippen MR) is 108 cm³/mol. The molecule has 0 bridgehead atoms. The number of ketones is 1. The molecule has 1 aromatic rings. The number of nitrogens with one attached hydrogen (secondary N) is 1. The van der Waals surface area contributed by atoms with Crippen LogP contribution in [0.15, 0.2) is 40.1 Å². The van der Waals surface area contributed by atoms with Crippen LogP contribution in [0.25, 0.3) is 0 Å². The SMILES string of the molecule is CC1=C(C(=O)OC[C@@H]2CCCO2)[C@H](c2cccs2)C2=C(CC(C)(C)CC2=O)N1. The standard InChI is InChI=1S/C22H27NO4S/c1-13-18(21(25)27-12-14-6-4-8-26-14)20(17-7-5-9-28-17)19-15(23-13)10-22(2,3)11-16(19)24/h5,7,9,14,20,23H,4,6,8,10-12H2,1-3H3/t14-,20-/m0/s1. The first-order chi connectivity index (χ1) is 13.4. The molecule has 1 saturated heterocycles. The molecule has 0 spiro atoms. The first-order valence-electron chi connectivity index (χ1n) is 9.92. The third kappa shape index (κ3) is 3.67. The first kappa shape index (κ1) is 19.4. The Morgan fingerprint density at radius 3 is 2.89 bits per heavy atom. The highest BCUT2D eigenvalue weighted by molar-refractivity contribution is 7.10. The molecule has 0 unspecified atom stereocenters. The number of rotatable bonds is 4. The molecule has 0 amide bonds. The van der Waals surface area contributed by atoms with Gasteiger partial charge in [0.05, 0.1) is 17.6 Å². The maximum atomic E-state index is 13.1. The molecule has 2 aliphatic heterocycles. The van der Waals surface area contributed by atoms with Gasteiger partial charge in [0.25, 0.3) is 0 Å². The Balaban J connectivity index is 1.67. The van der Waals surface area contributed by atoms with Crippen molar-refractivity contribution in [1.29, 1.82) is 0 Å². The van der Waals surface area contributed by atoms with Gasteiger partial charge in [-0.1, -0.05) is 19.9 Å². The van der Waals surface area contributed by atoms with Crippen LogP contribution in [0.4, 0.5) is 0 Å². The molecule has 1 aliphatic carbocycles. The van der Waals surface area contributed by atoms with Crippen molar-refractivity contribution in [3.8, 4) is 0 Å². The molecule has 0 radical (unpaired) electrons. The fraction of sp³-hybridized carbons (Fsp3) is 0.545. The van der Waals surface area contributed by atoms with Gasteiger partial charge in [-0.15, -0.1) is 11.3 Å². The highest BCUT2D eigenvalue weighted by atomic mass is 32.1. The van der Waals surface area contributed by atoms with Crippen molar-refractivity contribution in [3.63, 3.8) is 0 Å². The molecule has 4 rings (SSSR count). The molecule has 2 atom stereocenters. The minimum absolute atomic E-state index is 0.0199. The molecule has 3 aliphatic rings. The lowest BCUT2D eigenvalue weighted by Gasteiger charge is -2.39. The van der Waals surface area contributed by atoms with E-state index in [9.17, 15) is 9.59 Å². The Kier molecular flexibility index (Phi) is 5.19. The normalized spacial score (nSPS) is 26.9. The van der Waals surface area contributed by atoms with Gasteiger partial charge in [0, 0.05) is 34.9 Å². The third-order valence-corrected chi connectivity index (χ3v) is 6.65. The van der Waals surface area contributed by atoms with Gasteiger partial charge < -0.3 is 14.8 Å². The summed E-state index contributed by atoms with van der Waals surface area (Å²) in [7, 11) is 0. The summed E-state index contributed by atoms with van der Waals surface area (Å²) in [6, 6.07) is 3.96. The van der Waals surface area contributed by atoms with Gasteiger partial charge in [0.15, 0.2) is 5.78 Å². The van der Waals surface area contributed by atoms with E-state index in [1.54, 1.807) is 11.3 Å². The molecule has 1 N–H and O–H groups in total. The monoisotopic (exact) mass is 401 g/mol. The number of thiophene rings is 1. The van der Waals surface area contributed by atoms with E-state index in [1.165, 1.54) is 0 Å². The van der Waals surface area contributed by atoms with Crippen molar-refractivity contribution in [3.05, 3.63) is 44.9 Å². The molecular formula is C22H27NO4S. The summed E-state index contributed by atoms with van der Waals surface area (Å²) in [6.45, 7) is 7.12. The summed E-state index contributed by atoms with van der Waals surface area (Å²) in [5.74, 6) is -0.589. The number of ether oxygens (including phenoxy) is 2. The fourth-order valence-electron chi connectivity index (χ4n) is 4.47. The van der Waals surface area contributed by atoms with Crippen LogP contribution in [0, 0.1) is 5.41 Å². The highest BCUT2D eigenvalue weighted by Gasteiger charge is 2.43. The maximum Gasteiger partial charge on any atom is 0.336 e. The predicted octanol–water partition coefficient (Wildman–Crippen LogP) is 4.07. The zero-order valence-corrected chi connectivity index (χ0v) is 17.5. The van der Waals surface area contributed by atoms with E-state index in [1.807, 2.05) is 24.4 Å². The quantitative estimate of drug-likeness (QED) is 0.771. The summed E-state index contributed by atoms with van der Waals surface area (Å²) < 4.78 is 11.2. The smallest absolute Gasteiger partial charge is 0.336 e. The van der Waals surface area contributed by atoms with Gasteiger partial charge in [-0.25, -0.2) is 4.79 Å². The van der Waals surface area contributed by atoms with Crippen molar-refractivity contribution in [2.45, 2.75) is 58.5 Å². The Labute approximate surface area is 169 Å². The van der Waals surface area contributed by atoms with E-state index < -0.39 is 0 Å². The largest absolute Gasteiger partial charge is 0.459 e. The highest BCUT2D eigenvalue weighted by Crippen LogP contribution is 2.47. The van der Waals surface area contributed by atoms with Gasteiger partial charge in [-0.05, 0) is 43.0 Å². The minimum Gasteiger partial charge on any atom is -0.459 e. The molecule has 0 saturated carbocycles. The second-order valence-corrected chi connectivity index (χ2v) is 9.66. The van der Waals surface area contributed by atoms with Crippen LogP contribution in [0.2, 0.25) is 0 Å². The lowest BCUT2D eigenvalue weighted by atomic mass is 9.70. The molecule has 5 nitrogen and oxygen atoms in total. The van der Waals surface area contributed by atoms with E-state index in [0.29, 0.717) is 12.0 Å². The number of hydrogen-bond acceptors (Lipinski definition) is 6. The summed E-state index contributed by atoms with van der Waals surface area (Å²) in [5.41, 5.74) is 2.93. The van der Waals surface area contributed by atoms with Crippen LogP contribution in [-0.4, -0.2) is 31.1 Å². The fourth-order valence-corrected chi connectivity index (χ4v) is 5.31. The lowest BCUT2D eigenvalue weighted by molar-refractivity contribution is -0.142. The molecule has 150 valence electrons. The Morgan fingerprint density at radius 1 is 1.39 bits per heavy atom. The lowest BCUT2D eigenvalue weighted by Crippen LogP contribution is -2.38. The van der Waals surface area contributed by atoms with Crippen molar-refractivity contribution in [1.82, 2.24) is 5.32 Å². The minimum atomic E-state index is -0.358. The van der Waals surface area contributed by atoms with Gasteiger partial charge in [0.1, 0.15) is 6.61 Å². The molecule has 3 heterocycles. The molecule has 1 fully saturated rings. The summed E-state index contributed by atoms with van der Waals surface area (Å²) >= 11 is 1.57. The topological polar surface area (TPSA) is 64.6 Å². The van der Waals surface area contributed by atoms with E-state index in [-0.39, 0.29) is 35.8 Å². The average Bonchev–Trinajstić information content (AvgIpc) is 3.31. The van der Waals surface area contributed by atoms with E-state index >= 15 is 0 Å². The zero-order chi connectivity index (χ0) is 19.9. The third-order valence-electron chi connectivity index (χ3n) is 5.71. The van der Waals surface area contributed by atoms with Crippen molar-refractivity contribution in [2.75, 3.05) is 13.2 Å². The Bertz CT molecular complexity index is 844. The van der Waals surface area contributed by atoms with Crippen molar-refractivity contribution < 1.29 is 19.1 Å². The zero-order valence-electron chi connectivity index (χ0n) is 16.7. The number of Topliss-reactive ketones (excluding diaryl/α,β-unsaturated/α-hetero) is 1.